The van der Waals surface area contributed by atoms with Crippen molar-refractivity contribution in [2.75, 3.05) is 0 Å². The molecule has 0 N–H and O–H groups in total. The van der Waals surface area contributed by atoms with Crippen molar-refractivity contribution in [3.8, 4) is 0 Å². The van der Waals surface area contributed by atoms with Gasteiger partial charge in [0.15, 0.2) is 0 Å². The van der Waals surface area contributed by atoms with Gasteiger partial charge in [-0.05, 0) is 43.4 Å². The Kier molecular flexibility index (Phi) is 3.97. The van der Waals surface area contributed by atoms with Gasteiger partial charge in [-0.1, -0.05) is 6.07 Å². The van der Waals surface area contributed by atoms with Gasteiger partial charge in [0, 0.05) is 12.3 Å². The standard InChI is InChI=1S/C16H16F4O2/c17-14-4-1-9(5-13(14)16(18,19)20)6-15(21)10-7-11-2-3-12(8-10)22-11/h1,4-5,10-12H,2-3,6-8H2. The molecular weight excluding hydrogens is 300 g/mol. The summed E-state index contributed by atoms with van der Waals surface area (Å²) >= 11 is 0. The van der Waals surface area contributed by atoms with E-state index in [1.165, 1.54) is 6.07 Å². The highest BCUT2D eigenvalue weighted by Gasteiger charge is 2.38. The van der Waals surface area contributed by atoms with Crippen LogP contribution in [-0.4, -0.2) is 18.0 Å². The van der Waals surface area contributed by atoms with Crippen molar-refractivity contribution in [3.05, 3.63) is 35.1 Å². The average molecular weight is 316 g/mol. The number of benzene rings is 1. The van der Waals surface area contributed by atoms with Crippen molar-refractivity contribution < 1.29 is 27.1 Å². The molecule has 1 aromatic rings. The zero-order valence-electron chi connectivity index (χ0n) is 11.8. The van der Waals surface area contributed by atoms with Crippen molar-refractivity contribution in [1.82, 2.24) is 0 Å². The van der Waals surface area contributed by atoms with E-state index in [1.54, 1.807) is 0 Å². The molecule has 6 heteroatoms. The van der Waals surface area contributed by atoms with Crippen LogP contribution in [0.1, 0.15) is 36.8 Å². The summed E-state index contributed by atoms with van der Waals surface area (Å²) in [6.07, 6.45) is -1.45. The second kappa shape index (κ2) is 5.65. The number of ketones is 1. The first-order valence-corrected chi connectivity index (χ1v) is 7.36. The van der Waals surface area contributed by atoms with Crippen LogP contribution in [0.25, 0.3) is 0 Å². The lowest BCUT2D eigenvalue weighted by Gasteiger charge is -2.27. The molecule has 3 rings (SSSR count). The molecule has 0 saturated carbocycles. The number of halogens is 4. The third-order valence-electron chi connectivity index (χ3n) is 4.46. The highest BCUT2D eigenvalue weighted by atomic mass is 19.4. The summed E-state index contributed by atoms with van der Waals surface area (Å²) in [6, 6.07) is 2.76. The molecule has 2 fully saturated rings. The van der Waals surface area contributed by atoms with Crippen LogP contribution in [0.3, 0.4) is 0 Å². The third-order valence-corrected chi connectivity index (χ3v) is 4.46. The summed E-state index contributed by atoms with van der Waals surface area (Å²) in [6.45, 7) is 0. The van der Waals surface area contributed by atoms with Gasteiger partial charge in [0.1, 0.15) is 11.6 Å². The second-order valence-corrected chi connectivity index (χ2v) is 6.08. The number of alkyl halides is 3. The quantitative estimate of drug-likeness (QED) is 0.790. The summed E-state index contributed by atoms with van der Waals surface area (Å²) in [7, 11) is 0. The van der Waals surface area contributed by atoms with Gasteiger partial charge >= 0.3 is 6.18 Å². The first kappa shape index (κ1) is 15.5. The van der Waals surface area contributed by atoms with Crippen molar-refractivity contribution >= 4 is 5.78 Å². The fourth-order valence-electron chi connectivity index (χ4n) is 3.37. The first-order valence-electron chi connectivity index (χ1n) is 7.36. The molecule has 2 saturated heterocycles. The van der Waals surface area contributed by atoms with Gasteiger partial charge in [0.05, 0.1) is 17.8 Å². The number of fused-ring (bicyclic) bond motifs is 2. The Hall–Kier alpha value is -1.43. The number of hydrogen-bond donors (Lipinski definition) is 0. The minimum atomic E-state index is -4.75. The minimum Gasteiger partial charge on any atom is -0.375 e. The van der Waals surface area contributed by atoms with Gasteiger partial charge in [0.2, 0.25) is 0 Å². The Balaban J connectivity index is 1.72. The maximum Gasteiger partial charge on any atom is 0.419 e. The number of Topliss-reactive ketones (excluding diaryl/α,β-unsaturated/α-hetero) is 1. The van der Waals surface area contributed by atoms with E-state index in [2.05, 4.69) is 0 Å². The second-order valence-electron chi connectivity index (χ2n) is 6.08. The van der Waals surface area contributed by atoms with Gasteiger partial charge < -0.3 is 4.74 Å². The van der Waals surface area contributed by atoms with E-state index in [-0.39, 0.29) is 35.9 Å². The molecule has 2 aliphatic rings. The number of rotatable bonds is 3. The summed E-state index contributed by atoms with van der Waals surface area (Å²) in [4.78, 5) is 12.3. The van der Waals surface area contributed by atoms with Crippen LogP contribution >= 0.6 is 0 Å². The lowest BCUT2D eigenvalue weighted by atomic mass is 9.88. The Labute approximate surface area is 125 Å². The molecule has 0 radical (unpaired) electrons. The van der Waals surface area contributed by atoms with Gasteiger partial charge in [-0.25, -0.2) is 4.39 Å². The maximum absolute atomic E-state index is 13.2. The molecule has 0 spiro atoms. The highest BCUT2D eigenvalue weighted by molar-refractivity contribution is 5.83. The van der Waals surface area contributed by atoms with Crippen molar-refractivity contribution in [3.63, 3.8) is 0 Å². The van der Waals surface area contributed by atoms with Crippen LogP contribution in [0.4, 0.5) is 17.6 Å². The first-order chi connectivity index (χ1) is 10.3. The predicted octanol–water partition coefficient (Wildman–Crippen LogP) is 3.91. The van der Waals surface area contributed by atoms with Crippen LogP contribution < -0.4 is 0 Å². The molecule has 2 bridgehead atoms. The van der Waals surface area contributed by atoms with Crippen LogP contribution in [0, 0.1) is 11.7 Å². The molecule has 2 heterocycles. The molecular formula is C16H16F4O2. The van der Waals surface area contributed by atoms with Gasteiger partial charge in [-0.2, -0.15) is 13.2 Å². The molecule has 2 nitrogen and oxygen atoms in total. The molecule has 0 aromatic heterocycles. The number of hydrogen-bond acceptors (Lipinski definition) is 2. The lowest BCUT2D eigenvalue weighted by molar-refractivity contribution is -0.140. The molecule has 2 unspecified atom stereocenters. The van der Waals surface area contributed by atoms with E-state index in [4.69, 9.17) is 4.74 Å². The zero-order chi connectivity index (χ0) is 15.9. The summed E-state index contributed by atoms with van der Waals surface area (Å²) in [5.41, 5.74) is -1.11. The summed E-state index contributed by atoms with van der Waals surface area (Å²) in [5.74, 6) is -1.56. The van der Waals surface area contributed by atoms with Crippen LogP contribution in [-0.2, 0) is 22.1 Å². The fourth-order valence-corrected chi connectivity index (χ4v) is 3.37. The molecule has 0 aliphatic carbocycles. The fraction of sp³-hybridized carbons (Fsp3) is 0.562. The Morgan fingerprint density at radius 2 is 1.82 bits per heavy atom. The SMILES string of the molecule is O=C(Cc1ccc(F)c(C(F)(F)F)c1)C1CC2CCC(C1)O2. The Morgan fingerprint density at radius 3 is 2.41 bits per heavy atom. The maximum atomic E-state index is 13.2. The van der Waals surface area contributed by atoms with Crippen LogP contribution in [0.5, 0.6) is 0 Å². The largest absolute Gasteiger partial charge is 0.419 e. The van der Waals surface area contributed by atoms with Gasteiger partial charge in [0.25, 0.3) is 0 Å². The Bertz CT molecular complexity index is 570. The normalized spacial score (nSPS) is 27.9. The van der Waals surface area contributed by atoms with E-state index >= 15 is 0 Å². The molecule has 1 aromatic carbocycles. The van der Waals surface area contributed by atoms with E-state index in [9.17, 15) is 22.4 Å². The smallest absolute Gasteiger partial charge is 0.375 e. The zero-order valence-corrected chi connectivity index (χ0v) is 11.8. The number of carbonyl (C=O) groups is 1. The molecule has 0 amide bonds. The highest BCUT2D eigenvalue weighted by Crippen LogP contribution is 2.37. The molecule has 2 atom stereocenters. The van der Waals surface area contributed by atoms with Gasteiger partial charge in [-0.15, -0.1) is 0 Å². The summed E-state index contributed by atoms with van der Waals surface area (Å²) < 4.78 is 57.0. The molecule has 2 aliphatic heterocycles. The monoisotopic (exact) mass is 316 g/mol. The van der Waals surface area contributed by atoms with Gasteiger partial charge in [-0.3, -0.25) is 4.79 Å². The summed E-state index contributed by atoms with van der Waals surface area (Å²) in [5, 5.41) is 0. The molecule has 120 valence electrons. The van der Waals surface area contributed by atoms with Crippen molar-refractivity contribution in [2.24, 2.45) is 5.92 Å². The van der Waals surface area contributed by atoms with Crippen molar-refractivity contribution in [1.29, 1.82) is 0 Å². The third kappa shape index (κ3) is 3.16. The van der Waals surface area contributed by atoms with E-state index < -0.39 is 17.6 Å². The molecule has 22 heavy (non-hydrogen) atoms. The lowest BCUT2D eigenvalue weighted by Crippen LogP contribution is -2.30. The minimum absolute atomic E-state index is 0.0834. The number of carbonyl (C=O) groups excluding carboxylic acids is 1. The predicted molar refractivity (Wildman–Crippen MR) is 70.7 cm³/mol. The van der Waals surface area contributed by atoms with E-state index in [1.807, 2.05) is 0 Å². The van der Waals surface area contributed by atoms with E-state index in [0.717, 1.165) is 25.0 Å². The van der Waals surface area contributed by atoms with Crippen LogP contribution in [0.15, 0.2) is 18.2 Å². The van der Waals surface area contributed by atoms with Crippen LogP contribution in [0.2, 0.25) is 0 Å². The Morgan fingerprint density at radius 1 is 1.18 bits per heavy atom. The van der Waals surface area contributed by atoms with Crippen molar-refractivity contribution in [2.45, 2.75) is 50.5 Å². The number of ether oxygens (including phenoxy) is 1. The topological polar surface area (TPSA) is 26.3 Å². The average Bonchev–Trinajstić information content (AvgIpc) is 2.78. The van der Waals surface area contributed by atoms with E-state index in [0.29, 0.717) is 12.8 Å².